The molecular weight excluding hydrogens is 314 g/mol. The van der Waals surface area contributed by atoms with Crippen molar-refractivity contribution in [3.63, 3.8) is 0 Å². The molecule has 1 heterocycles. The van der Waals surface area contributed by atoms with Gasteiger partial charge in [-0.1, -0.05) is 29.8 Å². The molecule has 124 valence electrons. The van der Waals surface area contributed by atoms with E-state index in [9.17, 15) is 4.79 Å². The number of rotatable bonds is 7. The van der Waals surface area contributed by atoms with Gasteiger partial charge in [-0.05, 0) is 32.5 Å². The number of carboxylic acid groups (broad SMARTS) is 1. The molecule has 0 atom stereocenters. The third-order valence-electron chi connectivity index (χ3n) is 3.94. The number of carboxylic acids is 1. The molecule has 1 aromatic carbocycles. The van der Waals surface area contributed by atoms with Gasteiger partial charge in [0.05, 0.1) is 18.7 Å². The fourth-order valence-corrected chi connectivity index (χ4v) is 2.74. The summed E-state index contributed by atoms with van der Waals surface area (Å²) < 4.78 is 1.96. The summed E-state index contributed by atoms with van der Waals surface area (Å²) >= 11 is 6.22. The van der Waals surface area contributed by atoms with Gasteiger partial charge in [0.25, 0.3) is 0 Å². The molecule has 0 fully saturated rings. The van der Waals surface area contributed by atoms with Crippen molar-refractivity contribution in [1.82, 2.24) is 14.7 Å². The Labute approximate surface area is 141 Å². The van der Waals surface area contributed by atoms with E-state index in [0.29, 0.717) is 19.6 Å². The lowest BCUT2D eigenvalue weighted by molar-refractivity contribution is -0.137. The monoisotopic (exact) mass is 335 g/mol. The molecule has 0 radical (unpaired) electrons. The van der Waals surface area contributed by atoms with Crippen LogP contribution in [0.2, 0.25) is 5.02 Å². The van der Waals surface area contributed by atoms with Gasteiger partial charge in [-0.25, -0.2) is 0 Å². The minimum Gasteiger partial charge on any atom is -0.481 e. The molecule has 0 unspecified atom stereocenters. The fraction of sp³-hybridized carbons (Fsp3) is 0.412. The zero-order valence-corrected chi connectivity index (χ0v) is 14.5. The first-order valence-electron chi connectivity index (χ1n) is 7.55. The average molecular weight is 336 g/mol. The Morgan fingerprint density at radius 1 is 1.35 bits per heavy atom. The van der Waals surface area contributed by atoms with Gasteiger partial charge in [-0.15, -0.1) is 0 Å². The molecule has 0 aliphatic carbocycles. The van der Waals surface area contributed by atoms with Crippen molar-refractivity contribution >= 4 is 17.6 Å². The number of aliphatic carboxylic acids is 1. The van der Waals surface area contributed by atoms with E-state index in [1.807, 2.05) is 54.7 Å². The molecule has 0 spiro atoms. The summed E-state index contributed by atoms with van der Waals surface area (Å²) in [5.41, 5.74) is 4.23. The molecule has 2 rings (SSSR count). The lowest BCUT2D eigenvalue weighted by atomic mass is 10.1. The molecule has 0 saturated carbocycles. The third kappa shape index (κ3) is 4.56. The van der Waals surface area contributed by atoms with E-state index >= 15 is 0 Å². The van der Waals surface area contributed by atoms with Crippen LogP contribution in [-0.4, -0.2) is 39.3 Å². The lowest BCUT2D eigenvalue weighted by Crippen LogP contribution is -2.22. The summed E-state index contributed by atoms with van der Waals surface area (Å²) in [6, 6.07) is 7.75. The maximum atomic E-state index is 10.7. The maximum absolute atomic E-state index is 10.7. The first kappa shape index (κ1) is 17.5. The summed E-state index contributed by atoms with van der Waals surface area (Å²) in [5.74, 6) is -0.778. The normalized spacial score (nSPS) is 11.2. The molecule has 0 amide bonds. The van der Waals surface area contributed by atoms with Crippen molar-refractivity contribution in [3.8, 4) is 0 Å². The molecule has 0 aliphatic rings. The molecule has 0 aliphatic heterocycles. The van der Waals surface area contributed by atoms with Gasteiger partial charge >= 0.3 is 5.97 Å². The highest BCUT2D eigenvalue weighted by molar-refractivity contribution is 6.31. The van der Waals surface area contributed by atoms with Crippen LogP contribution in [0.4, 0.5) is 0 Å². The Bertz CT molecular complexity index is 697. The van der Waals surface area contributed by atoms with Crippen LogP contribution < -0.4 is 0 Å². The Hall–Kier alpha value is -1.85. The molecule has 1 N–H and O–H groups in total. The molecule has 1 aromatic heterocycles. The van der Waals surface area contributed by atoms with E-state index in [2.05, 4.69) is 5.10 Å². The first-order chi connectivity index (χ1) is 10.9. The van der Waals surface area contributed by atoms with Gasteiger partial charge in [-0.2, -0.15) is 5.10 Å². The maximum Gasteiger partial charge on any atom is 0.304 e. The number of carbonyl (C=O) groups is 1. The van der Waals surface area contributed by atoms with Crippen molar-refractivity contribution in [2.24, 2.45) is 0 Å². The zero-order chi connectivity index (χ0) is 17.0. The number of aryl methyl sites for hydroxylation is 1. The number of hydrogen-bond donors (Lipinski definition) is 1. The van der Waals surface area contributed by atoms with Crippen molar-refractivity contribution in [1.29, 1.82) is 0 Å². The van der Waals surface area contributed by atoms with Crippen molar-refractivity contribution in [2.75, 3.05) is 13.6 Å². The van der Waals surface area contributed by atoms with Crippen LogP contribution in [0.3, 0.4) is 0 Å². The lowest BCUT2D eigenvalue weighted by Gasteiger charge is -2.15. The Kier molecular flexibility index (Phi) is 5.80. The summed E-state index contributed by atoms with van der Waals surface area (Å²) in [4.78, 5) is 12.7. The largest absolute Gasteiger partial charge is 0.481 e. The highest BCUT2D eigenvalue weighted by Gasteiger charge is 2.14. The van der Waals surface area contributed by atoms with Gasteiger partial charge in [0.2, 0.25) is 0 Å². The molecule has 6 heteroatoms. The van der Waals surface area contributed by atoms with Gasteiger partial charge in [0.1, 0.15) is 0 Å². The zero-order valence-electron chi connectivity index (χ0n) is 13.7. The number of aromatic nitrogens is 2. The molecule has 2 aromatic rings. The van der Waals surface area contributed by atoms with E-state index in [-0.39, 0.29) is 6.42 Å². The Balaban J connectivity index is 2.13. The second-order valence-corrected chi connectivity index (χ2v) is 6.19. The van der Waals surface area contributed by atoms with Gasteiger partial charge < -0.3 is 10.0 Å². The molecule has 0 bridgehead atoms. The molecule has 5 nitrogen and oxygen atoms in total. The topological polar surface area (TPSA) is 58.4 Å². The number of benzene rings is 1. The number of hydrogen-bond acceptors (Lipinski definition) is 3. The second-order valence-electron chi connectivity index (χ2n) is 5.78. The summed E-state index contributed by atoms with van der Waals surface area (Å²) in [7, 11) is 1.92. The fourth-order valence-electron chi connectivity index (χ4n) is 2.54. The third-order valence-corrected chi connectivity index (χ3v) is 4.31. The van der Waals surface area contributed by atoms with Crippen LogP contribution in [0.15, 0.2) is 24.3 Å². The van der Waals surface area contributed by atoms with Crippen molar-refractivity contribution in [2.45, 2.75) is 33.4 Å². The SMILES string of the molecule is Cc1nn(Cc2ccccc2Cl)c(C)c1CN(C)CCC(=O)O. The smallest absolute Gasteiger partial charge is 0.304 e. The standard InChI is InChI=1S/C17H22ClN3O2/c1-12-15(11-20(3)9-8-17(22)23)13(2)21(19-12)10-14-6-4-5-7-16(14)18/h4-7H,8-11H2,1-3H3,(H,22,23). The summed E-state index contributed by atoms with van der Waals surface area (Å²) in [6.07, 6.45) is 0.141. The van der Waals surface area contributed by atoms with E-state index in [1.165, 1.54) is 0 Å². The van der Waals surface area contributed by atoms with Crippen molar-refractivity contribution < 1.29 is 9.90 Å². The molecule has 0 saturated heterocycles. The van der Waals surface area contributed by atoms with E-state index < -0.39 is 5.97 Å². The molecule has 23 heavy (non-hydrogen) atoms. The van der Waals surface area contributed by atoms with Gasteiger partial charge in [0, 0.05) is 29.4 Å². The predicted octanol–water partition coefficient (Wildman–Crippen LogP) is 3.11. The van der Waals surface area contributed by atoms with Gasteiger partial charge in [0.15, 0.2) is 0 Å². The molecular formula is C17H22ClN3O2. The summed E-state index contributed by atoms with van der Waals surface area (Å²) in [5, 5.41) is 14.1. The van der Waals surface area contributed by atoms with E-state index in [0.717, 1.165) is 27.5 Å². The Morgan fingerprint density at radius 3 is 2.70 bits per heavy atom. The van der Waals surface area contributed by atoms with Crippen LogP contribution in [0.5, 0.6) is 0 Å². The van der Waals surface area contributed by atoms with Crippen LogP contribution in [0.1, 0.15) is 28.9 Å². The van der Waals surface area contributed by atoms with Crippen molar-refractivity contribution in [3.05, 3.63) is 51.8 Å². The van der Waals surface area contributed by atoms with Crippen LogP contribution >= 0.6 is 11.6 Å². The van der Waals surface area contributed by atoms with Gasteiger partial charge in [-0.3, -0.25) is 9.48 Å². The summed E-state index contributed by atoms with van der Waals surface area (Å²) in [6.45, 7) is 5.86. The number of nitrogens with zero attached hydrogens (tertiary/aromatic N) is 3. The first-order valence-corrected chi connectivity index (χ1v) is 7.93. The second kappa shape index (κ2) is 7.62. The van der Waals surface area contributed by atoms with E-state index in [4.69, 9.17) is 16.7 Å². The van der Waals surface area contributed by atoms with Crippen LogP contribution in [-0.2, 0) is 17.9 Å². The Morgan fingerprint density at radius 2 is 2.04 bits per heavy atom. The predicted molar refractivity (Wildman–Crippen MR) is 90.8 cm³/mol. The van der Waals surface area contributed by atoms with E-state index in [1.54, 1.807) is 0 Å². The van der Waals surface area contributed by atoms with Crippen LogP contribution in [0.25, 0.3) is 0 Å². The number of halogens is 1. The van der Waals surface area contributed by atoms with Crippen LogP contribution in [0, 0.1) is 13.8 Å². The minimum absolute atomic E-state index is 0.141. The highest BCUT2D eigenvalue weighted by Crippen LogP contribution is 2.20. The average Bonchev–Trinajstić information content (AvgIpc) is 2.75. The minimum atomic E-state index is -0.778. The highest BCUT2D eigenvalue weighted by atomic mass is 35.5. The quantitative estimate of drug-likeness (QED) is 0.844.